The molecule has 2 aromatic rings. The summed E-state index contributed by atoms with van der Waals surface area (Å²) in [4.78, 5) is 14.9. The van der Waals surface area contributed by atoms with Gasteiger partial charge in [-0.1, -0.05) is 23.7 Å². The van der Waals surface area contributed by atoms with Crippen LogP contribution in [0, 0.1) is 5.92 Å². The van der Waals surface area contributed by atoms with Crippen molar-refractivity contribution in [2.45, 2.75) is 19.4 Å². The lowest BCUT2D eigenvalue weighted by atomic mass is 9.95. The Kier molecular flexibility index (Phi) is 6.58. The average Bonchev–Trinajstić information content (AvgIpc) is 2.69. The summed E-state index contributed by atoms with van der Waals surface area (Å²) in [5.41, 5.74) is 1.93. The number of carbonyl (C=O) groups excluding carboxylic acids is 1. The first-order valence-corrected chi connectivity index (χ1v) is 9.46. The third kappa shape index (κ3) is 5.15. The predicted molar refractivity (Wildman–Crippen MR) is 108 cm³/mol. The van der Waals surface area contributed by atoms with Crippen LogP contribution in [0.25, 0.3) is 0 Å². The second kappa shape index (κ2) is 9.11. The molecule has 1 heterocycles. The van der Waals surface area contributed by atoms with Gasteiger partial charge in [-0.3, -0.25) is 9.69 Å². The number of nitrogens with one attached hydrogen (secondary N) is 1. The van der Waals surface area contributed by atoms with Gasteiger partial charge in [-0.2, -0.15) is 0 Å². The van der Waals surface area contributed by atoms with Crippen molar-refractivity contribution in [2.24, 2.45) is 5.92 Å². The summed E-state index contributed by atoms with van der Waals surface area (Å²) in [5.74, 6) is 1.55. The molecular weight excluding hydrogens is 364 g/mol. The minimum atomic E-state index is 0.0208. The topological polar surface area (TPSA) is 50.8 Å². The van der Waals surface area contributed by atoms with Crippen molar-refractivity contribution in [2.75, 3.05) is 32.6 Å². The Morgan fingerprint density at radius 1 is 1.15 bits per heavy atom. The molecule has 0 aromatic heterocycles. The van der Waals surface area contributed by atoms with E-state index < -0.39 is 0 Å². The number of amides is 1. The highest BCUT2D eigenvalue weighted by Gasteiger charge is 2.25. The van der Waals surface area contributed by atoms with E-state index in [1.807, 2.05) is 12.1 Å². The lowest BCUT2D eigenvalue weighted by molar-refractivity contribution is -0.121. The molecule has 1 aliphatic rings. The number of anilines is 1. The molecular formula is C21H25ClN2O3. The van der Waals surface area contributed by atoms with Crippen LogP contribution >= 0.6 is 11.6 Å². The van der Waals surface area contributed by atoms with Crippen LogP contribution in [0.1, 0.15) is 18.4 Å². The second-order valence-electron chi connectivity index (χ2n) is 6.74. The molecule has 1 amide bonds. The summed E-state index contributed by atoms with van der Waals surface area (Å²) in [7, 11) is 3.25. The lowest BCUT2D eigenvalue weighted by Crippen LogP contribution is -2.37. The molecule has 1 fully saturated rings. The number of carbonyl (C=O) groups is 1. The van der Waals surface area contributed by atoms with Crippen LogP contribution in [0.2, 0.25) is 5.02 Å². The van der Waals surface area contributed by atoms with Gasteiger partial charge in [-0.25, -0.2) is 0 Å². The van der Waals surface area contributed by atoms with E-state index >= 15 is 0 Å². The Labute approximate surface area is 165 Å². The van der Waals surface area contributed by atoms with E-state index in [0.717, 1.165) is 38.2 Å². The van der Waals surface area contributed by atoms with Crippen molar-refractivity contribution < 1.29 is 14.3 Å². The standard InChI is InChI=1S/C21H25ClN2O3/c1-26-18-5-3-4-15(12-18)14-24-10-8-16(9-11-24)21(25)23-17-6-7-20(27-2)19(22)13-17/h3-7,12-13,16H,8-11,14H2,1-2H3,(H,23,25). The van der Waals surface area contributed by atoms with Gasteiger partial charge in [0.2, 0.25) is 5.91 Å². The minimum absolute atomic E-state index is 0.0208. The van der Waals surface area contributed by atoms with Gasteiger partial charge < -0.3 is 14.8 Å². The normalized spacial score (nSPS) is 15.4. The number of benzene rings is 2. The van der Waals surface area contributed by atoms with Gasteiger partial charge in [-0.05, 0) is 61.8 Å². The molecule has 0 atom stereocenters. The number of piperidine rings is 1. The molecule has 5 nitrogen and oxygen atoms in total. The van der Waals surface area contributed by atoms with Crippen molar-refractivity contribution in [1.82, 2.24) is 4.90 Å². The number of hydrogen-bond donors (Lipinski definition) is 1. The molecule has 0 bridgehead atoms. The highest BCUT2D eigenvalue weighted by atomic mass is 35.5. The zero-order valence-corrected chi connectivity index (χ0v) is 16.5. The van der Waals surface area contributed by atoms with Crippen LogP contribution in [0.15, 0.2) is 42.5 Å². The van der Waals surface area contributed by atoms with E-state index in [1.165, 1.54) is 5.56 Å². The van der Waals surface area contributed by atoms with Crippen LogP contribution < -0.4 is 14.8 Å². The smallest absolute Gasteiger partial charge is 0.227 e. The first-order chi connectivity index (χ1) is 13.1. The van der Waals surface area contributed by atoms with Crippen molar-refractivity contribution in [3.63, 3.8) is 0 Å². The second-order valence-corrected chi connectivity index (χ2v) is 7.15. The van der Waals surface area contributed by atoms with Crippen LogP contribution in [0.3, 0.4) is 0 Å². The number of halogens is 1. The SMILES string of the molecule is COc1cccc(CN2CCC(C(=O)Nc3ccc(OC)c(Cl)c3)CC2)c1. The zero-order chi connectivity index (χ0) is 19.2. The number of rotatable bonds is 6. The predicted octanol–water partition coefficient (Wildman–Crippen LogP) is 4.21. The third-order valence-corrected chi connectivity index (χ3v) is 5.21. The Bertz CT molecular complexity index is 789. The molecule has 2 aromatic carbocycles. The number of ether oxygens (including phenoxy) is 2. The number of likely N-dealkylation sites (tertiary alicyclic amines) is 1. The van der Waals surface area contributed by atoms with Crippen molar-refractivity contribution in [1.29, 1.82) is 0 Å². The van der Waals surface area contributed by atoms with Crippen LogP contribution in [-0.4, -0.2) is 38.1 Å². The van der Waals surface area contributed by atoms with Gasteiger partial charge >= 0.3 is 0 Å². The largest absolute Gasteiger partial charge is 0.497 e. The van der Waals surface area contributed by atoms with Crippen molar-refractivity contribution in [3.05, 3.63) is 53.1 Å². The lowest BCUT2D eigenvalue weighted by Gasteiger charge is -2.31. The van der Waals surface area contributed by atoms with Crippen molar-refractivity contribution >= 4 is 23.2 Å². The summed E-state index contributed by atoms with van der Waals surface area (Å²) < 4.78 is 10.4. The Morgan fingerprint density at radius 3 is 2.59 bits per heavy atom. The van der Waals surface area contributed by atoms with Gasteiger partial charge in [0.25, 0.3) is 0 Å². The molecule has 1 N–H and O–H groups in total. The van der Waals surface area contributed by atoms with E-state index in [4.69, 9.17) is 21.1 Å². The fourth-order valence-electron chi connectivity index (χ4n) is 3.37. The quantitative estimate of drug-likeness (QED) is 0.805. The molecule has 1 aliphatic heterocycles. The van der Waals surface area contributed by atoms with Crippen LogP contribution in [0.4, 0.5) is 5.69 Å². The molecule has 0 saturated carbocycles. The number of hydrogen-bond acceptors (Lipinski definition) is 4. The number of nitrogens with zero attached hydrogens (tertiary/aromatic N) is 1. The summed E-state index contributed by atoms with van der Waals surface area (Å²) in [5, 5.41) is 3.46. The molecule has 6 heteroatoms. The molecule has 144 valence electrons. The van der Waals surface area contributed by atoms with E-state index in [9.17, 15) is 4.79 Å². The molecule has 1 saturated heterocycles. The molecule has 0 spiro atoms. The molecule has 27 heavy (non-hydrogen) atoms. The van der Waals surface area contributed by atoms with Gasteiger partial charge in [0, 0.05) is 18.2 Å². The Balaban J connectivity index is 1.51. The monoisotopic (exact) mass is 388 g/mol. The highest BCUT2D eigenvalue weighted by Crippen LogP contribution is 2.28. The maximum atomic E-state index is 12.6. The minimum Gasteiger partial charge on any atom is -0.497 e. The highest BCUT2D eigenvalue weighted by molar-refractivity contribution is 6.32. The van der Waals surface area contributed by atoms with Crippen molar-refractivity contribution in [3.8, 4) is 11.5 Å². The first-order valence-electron chi connectivity index (χ1n) is 9.08. The van der Waals surface area contributed by atoms with Crippen LogP contribution in [0.5, 0.6) is 11.5 Å². The molecule has 0 radical (unpaired) electrons. The first kappa shape index (κ1) is 19.5. The molecule has 0 unspecified atom stereocenters. The Morgan fingerprint density at radius 2 is 1.93 bits per heavy atom. The van der Waals surface area contributed by atoms with Gasteiger partial charge in [-0.15, -0.1) is 0 Å². The van der Waals surface area contributed by atoms with E-state index in [0.29, 0.717) is 16.5 Å². The summed E-state index contributed by atoms with van der Waals surface area (Å²) in [6.07, 6.45) is 1.69. The molecule has 0 aliphatic carbocycles. The maximum Gasteiger partial charge on any atom is 0.227 e. The molecule has 3 rings (SSSR count). The van der Waals surface area contributed by atoms with E-state index in [1.54, 1.807) is 32.4 Å². The maximum absolute atomic E-state index is 12.6. The summed E-state index contributed by atoms with van der Waals surface area (Å²) >= 11 is 6.12. The van der Waals surface area contributed by atoms with E-state index in [2.05, 4.69) is 22.3 Å². The van der Waals surface area contributed by atoms with Gasteiger partial charge in [0.15, 0.2) is 0 Å². The van der Waals surface area contributed by atoms with Crippen LogP contribution in [-0.2, 0) is 11.3 Å². The van der Waals surface area contributed by atoms with Gasteiger partial charge in [0.1, 0.15) is 11.5 Å². The summed E-state index contributed by atoms with van der Waals surface area (Å²) in [6.45, 7) is 2.68. The van der Waals surface area contributed by atoms with E-state index in [-0.39, 0.29) is 11.8 Å². The van der Waals surface area contributed by atoms with Gasteiger partial charge in [0.05, 0.1) is 19.2 Å². The average molecular weight is 389 g/mol. The fraction of sp³-hybridized carbons (Fsp3) is 0.381. The fourth-order valence-corrected chi connectivity index (χ4v) is 3.63. The zero-order valence-electron chi connectivity index (χ0n) is 15.7. The third-order valence-electron chi connectivity index (χ3n) is 4.92. The number of methoxy groups -OCH3 is 2. The Hall–Kier alpha value is -2.24. The summed E-state index contributed by atoms with van der Waals surface area (Å²) in [6, 6.07) is 13.4.